The van der Waals surface area contributed by atoms with Crippen molar-refractivity contribution in [1.82, 2.24) is 0 Å². The van der Waals surface area contributed by atoms with Gasteiger partial charge in [-0.05, 0) is 18.6 Å². The number of fused-ring (bicyclic) bond motifs is 1. The number of nitrogens with two attached hydrogens (primary N) is 1. The topological polar surface area (TPSA) is 70.8 Å². The summed E-state index contributed by atoms with van der Waals surface area (Å²) in [5, 5.41) is -0.156. The minimum Gasteiger partial charge on any atom is -0.486 e. The lowest BCUT2D eigenvalue weighted by atomic mass is 10.1. The van der Waals surface area contributed by atoms with Crippen LogP contribution in [-0.4, -0.2) is 41.9 Å². The van der Waals surface area contributed by atoms with Crippen LogP contribution in [0.15, 0.2) is 23.1 Å². The molecule has 2 heterocycles. The summed E-state index contributed by atoms with van der Waals surface area (Å²) < 4.78 is 28.9. The summed E-state index contributed by atoms with van der Waals surface area (Å²) in [6.45, 7) is 2.17. The molecule has 0 bridgehead atoms. The summed E-state index contributed by atoms with van der Waals surface area (Å²) in [7, 11) is -1.18. The molecule has 19 heavy (non-hydrogen) atoms. The monoisotopic (exact) mass is 283 g/mol. The molecule has 6 heteroatoms. The van der Waals surface area contributed by atoms with Gasteiger partial charge in [-0.25, -0.2) is 0 Å². The highest BCUT2D eigenvalue weighted by Crippen LogP contribution is 2.32. The van der Waals surface area contributed by atoms with Crippen LogP contribution in [0.1, 0.15) is 6.42 Å². The van der Waals surface area contributed by atoms with Gasteiger partial charge in [-0.3, -0.25) is 4.21 Å². The summed E-state index contributed by atoms with van der Waals surface area (Å²) in [6, 6.07) is 5.32. The standard InChI is InChI=1S/C13H17NO4S/c14-10-3-4-16-8-13(10)19(15)9-1-2-11-12(7-9)18-6-5-17-11/h1-2,7,10,13H,3-6,8,14H2. The fraction of sp³-hybridized carbons (Fsp3) is 0.538. The molecule has 1 aromatic carbocycles. The zero-order valence-electron chi connectivity index (χ0n) is 10.5. The van der Waals surface area contributed by atoms with Crippen molar-refractivity contribution >= 4 is 10.8 Å². The first-order chi connectivity index (χ1) is 9.25. The lowest BCUT2D eigenvalue weighted by Gasteiger charge is -2.28. The van der Waals surface area contributed by atoms with Crippen molar-refractivity contribution in [2.24, 2.45) is 5.73 Å². The van der Waals surface area contributed by atoms with E-state index < -0.39 is 10.8 Å². The molecule has 1 saturated heterocycles. The van der Waals surface area contributed by atoms with Gasteiger partial charge >= 0.3 is 0 Å². The van der Waals surface area contributed by atoms with Crippen molar-refractivity contribution in [2.45, 2.75) is 22.6 Å². The largest absolute Gasteiger partial charge is 0.486 e. The summed E-state index contributed by atoms with van der Waals surface area (Å²) in [6.07, 6.45) is 0.751. The second-order valence-corrected chi connectivity index (χ2v) is 6.34. The van der Waals surface area contributed by atoms with Crippen molar-refractivity contribution < 1.29 is 18.4 Å². The van der Waals surface area contributed by atoms with Crippen molar-refractivity contribution in [3.05, 3.63) is 18.2 Å². The van der Waals surface area contributed by atoms with Gasteiger partial charge < -0.3 is 19.9 Å². The second kappa shape index (κ2) is 5.48. The molecular weight excluding hydrogens is 266 g/mol. The predicted molar refractivity (Wildman–Crippen MR) is 71.0 cm³/mol. The molecule has 0 amide bonds. The Balaban J connectivity index is 1.83. The normalized spacial score (nSPS) is 27.8. The third kappa shape index (κ3) is 2.61. The van der Waals surface area contributed by atoms with Crippen molar-refractivity contribution in [3.8, 4) is 11.5 Å². The first kappa shape index (κ1) is 12.9. The minimum atomic E-state index is -1.18. The summed E-state index contributed by atoms with van der Waals surface area (Å²) in [4.78, 5) is 0.718. The average Bonchev–Trinajstić information content (AvgIpc) is 2.46. The van der Waals surface area contributed by atoms with Crippen LogP contribution in [0.4, 0.5) is 0 Å². The molecule has 1 fully saturated rings. The van der Waals surface area contributed by atoms with E-state index in [0.717, 1.165) is 11.3 Å². The molecule has 0 saturated carbocycles. The maximum atomic E-state index is 12.6. The zero-order chi connectivity index (χ0) is 13.2. The molecule has 2 N–H and O–H groups in total. The number of rotatable bonds is 2. The van der Waals surface area contributed by atoms with Crippen LogP contribution in [0.5, 0.6) is 11.5 Å². The highest BCUT2D eigenvalue weighted by molar-refractivity contribution is 7.85. The van der Waals surface area contributed by atoms with Gasteiger partial charge in [0.2, 0.25) is 0 Å². The maximum Gasteiger partial charge on any atom is 0.162 e. The quantitative estimate of drug-likeness (QED) is 0.864. The number of hydrogen-bond acceptors (Lipinski definition) is 5. The number of ether oxygens (including phenoxy) is 3. The lowest BCUT2D eigenvalue weighted by molar-refractivity contribution is 0.0903. The Morgan fingerprint density at radius 1 is 1.16 bits per heavy atom. The third-order valence-electron chi connectivity index (χ3n) is 3.38. The van der Waals surface area contributed by atoms with Crippen LogP contribution in [0.2, 0.25) is 0 Å². The van der Waals surface area contributed by atoms with E-state index in [4.69, 9.17) is 19.9 Å². The van der Waals surface area contributed by atoms with E-state index in [9.17, 15) is 4.21 Å². The fourth-order valence-electron chi connectivity index (χ4n) is 2.27. The molecule has 3 unspecified atom stereocenters. The molecular formula is C13H17NO4S. The van der Waals surface area contributed by atoms with E-state index in [1.165, 1.54) is 0 Å². The SMILES string of the molecule is NC1CCOCC1S(=O)c1ccc2c(c1)OCCO2. The second-order valence-electron chi connectivity index (χ2n) is 4.67. The Bertz CT molecular complexity index is 494. The Labute approximate surface area is 114 Å². The van der Waals surface area contributed by atoms with Gasteiger partial charge in [0, 0.05) is 23.6 Å². The average molecular weight is 283 g/mol. The molecule has 0 aliphatic carbocycles. The van der Waals surface area contributed by atoms with Crippen LogP contribution in [0.25, 0.3) is 0 Å². The molecule has 3 atom stereocenters. The van der Waals surface area contributed by atoms with Crippen LogP contribution in [0, 0.1) is 0 Å². The molecule has 2 aliphatic heterocycles. The first-order valence-electron chi connectivity index (χ1n) is 6.39. The van der Waals surface area contributed by atoms with Crippen molar-refractivity contribution in [3.63, 3.8) is 0 Å². The first-order valence-corrected chi connectivity index (χ1v) is 7.60. The Morgan fingerprint density at radius 3 is 2.74 bits per heavy atom. The molecule has 0 radical (unpaired) electrons. The van der Waals surface area contributed by atoms with Gasteiger partial charge in [-0.15, -0.1) is 0 Å². The van der Waals surface area contributed by atoms with E-state index in [0.29, 0.717) is 37.9 Å². The van der Waals surface area contributed by atoms with Gasteiger partial charge in [0.1, 0.15) is 13.2 Å². The molecule has 1 aromatic rings. The summed E-state index contributed by atoms with van der Waals surface area (Å²) >= 11 is 0. The lowest BCUT2D eigenvalue weighted by Crippen LogP contribution is -2.45. The van der Waals surface area contributed by atoms with E-state index in [1.807, 2.05) is 6.07 Å². The summed E-state index contributed by atoms with van der Waals surface area (Å²) in [5.41, 5.74) is 6.03. The molecule has 104 valence electrons. The van der Waals surface area contributed by atoms with Gasteiger partial charge in [0.15, 0.2) is 11.5 Å². The Kier molecular flexibility index (Phi) is 3.72. The van der Waals surface area contributed by atoms with Crippen LogP contribution in [0.3, 0.4) is 0 Å². The van der Waals surface area contributed by atoms with Gasteiger partial charge in [-0.1, -0.05) is 0 Å². The highest BCUT2D eigenvalue weighted by atomic mass is 32.2. The van der Waals surface area contributed by atoms with E-state index in [2.05, 4.69) is 0 Å². The molecule has 0 aromatic heterocycles. The van der Waals surface area contributed by atoms with Crippen LogP contribution >= 0.6 is 0 Å². The molecule has 5 nitrogen and oxygen atoms in total. The Hall–Kier alpha value is -1.11. The predicted octanol–water partition coefficient (Wildman–Crippen LogP) is 0.682. The van der Waals surface area contributed by atoms with Crippen LogP contribution < -0.4 is 15.2 Å². The summed E-state index contributed by atoms with van der Waals surface area (Å²) in [5.74, 6) is 1.36. The van der Waals surface area contributed by atoms with Gasteiger partial charge in [0.05, 0.1) is 22.7 Å². The van der Waals surface area contributed by atoms with Crippen molar-refractivity contribution in [2.75, 3.05) is 26.4 Å². The van der Waals surface area contributed by atoms with Gasteiger partial charge in [-0.2, -0.15) is 0 Å². The smallest absolute Gasteiger partial charge is 0.162 e. The molecule has 3 rings (SSSR count). The van der Waals surface area contributed by atoms with E-state index in [1.54, 1.807) is 12.1 Å². The zero-order valence-corrected chi connectivity index (χ0v) is 11.4. The van der Waals surface area contributed by atoms with Crippen LogP contribution in [-0.2, 0) is 15.5 Å². The maximum absolute atomic E-state index is 12.6. The highest BCUT2D eigenvalue weighted by Gasteiger charge is 2.29. The number of benzene rings is 1. The molecule has 2 aliphatic rings. The van der Waals surface area contributed by atoms with Gasteiger partial charge in [0.25, 0.3) is 0 Å². The minimum absolute atomic E-state index is 0.0808. The Morgan fingerprint density at radius 2 is 1.95 bits per heavy atom. The number of hydrogen-bond donors (Lipinski definition) is 1. The van der Waals surface area contributed by atoms with Crippen molar-refractivity contribution in [1.29, 1.82) is 0 Å². The molecule has 0 spiro atoms. The third-order valence-corrected chi connectivity index (χ3v) is 5.13. The van der Waals surface area contributed by atoms with E-state index >= 15 is 0 Å². The fourth-order valence-corrected chi connectivity index (χ4v) is 3.72. The van der Waals surface area contributed by atoms with E-state index in [-0.39, 0.29) is 11.3 Å².